The zero-order chi connectivity index (χ0) is 21.4. The van der Waals surface area contributed by atoms with Crippen molar-refractivity contribution >= 4 is 33.3 Å². The Morgan fingerprint density at radius 3 is 2.32 bits per heavy atom. The van der Waals surface area contributed by atoms with Gasteiger partial charge in [0.2, 0.25) is 0 Å². The number of fused-ring (bicyclic) bond motifs is 1. The number of benzene rings is 2. The van der Waals surface area contributed by atoms with Gasteiger partial charge in [-0.1, -0.05) is 60.3 Å². The molecule has 1 fully saturated rings. The Hall–Kier alpha value is -2.41. The van der Waals surface area contributed by atoms with E-state index >= 15 is 0 Å². The molecule has 1 aliphatic heterocycles. The van der Waals surface area contributed by atoms with Gasteiger partial charge >= 0.3 is 0 Å². The largest absolute Gasteiger partial charge is 0.306 e. The molecule has 1 aliphatic rings. The van der Waals surface area contributed by atoms with Crippen molar-refractivity contribution in [2.75, 3.05) is 20.1 Å². The van der Waals surface area contributed by atoms with Crippen LogP contribution in [0.2, 0.25) is 0 Å². The maximum atomic E-state index is 14.0. The van der Waals surface area contributed by atoms with Crippen LogP contribution in [0.5, 0.6) is 0 Å². The zero-order valence-corrected chi connectivity index (χ0v) is 19.4. The lowest BCUT2D eigenvalue weighted by atomic mass is 10.0. The third kappa shape index (κ3) is 3.95. The van der Waals surface area contributed by atoms with Crippen molar-refractivity contribution in [2.45, 2.75) is 30.2 Å². The summed E-state index contributed by atoms with van der Waals surface area (Å²) in [5.74, 6) is 0. The van der Waals surface area contributed by atoms with Crippen molar-refractivity contribution in [3.05, 3.63) is 75.9 Å². The van der Waals surface area contributed by atoms with Gasteiger partial charge in [0.05, 0.1) is 11.1 Å². The van der Waals surface area contributed by atoms with Crippen LogP contribution in [-0.4, -0.2) is 39.8 Å². The summed E-state index contributed by atoms with van der Waals surface area (Å²) in [5, 5.41) is 2.01. The molecule has 0 amide bonds. The second-order valence-electron chi connectivity index (χ2n) is 8.07. The number of aryl methyl sites for hydroxylation is 1. The normalized spacial score (nSPS) is 15.5. The molecule has 4 nitrogen and oxygen atoms in total. The van der Waals surface area contributed by atoms with Crippen LogP contribution in [0.15, 0.2) is 70.6 Å². The van der Waals surface area contributed by atoms with E-state index in [1.54, 1.807) is 23.1 Å². The van der Waals surface area contributed by atoms with E-state index in [9.17, 15) is 4.79 Å². The zero-order valence-electron chi connectivity index (χ0n) is 17.7. The predicted molar refractivity (Wildman–Crippen MR) is 132 cm³/mol. The fourth-order valence-electron chi connectivity index (χ4n) is 4.23. The second-order valence-corrected chi connectivity index (χ2v) is 10.5. The Morgan fingerprint density at radius 1 is 1.00 bits per heavy atom. The SMILES string of the molecule is Cc1sc2nc(SC3CCN(C)CC3)n(-c3ccccc3)c(=O)c2c1-c1ccccc1. The summed E-state index contributed by atoms with van der Waals surface area (Å²) in [6.45, 7) is 4.27. The number of likely N-dealkylation sites (tertiary alicyclic amines) is 1. The van der Waals surface area contributed by atoms with Gasteiger partial charge in [-0.3, -0.25) is 9.36 Å². The van der Waals surface area contributed by atoms with E-state index < -0.39 is 0 Å². The van der Waals surface area contributed by atoms with Crippen LogP contribution in [0.25, 0.3) is 27.0 Å². The molecule has 0 aliphatic carbocycles. The van der Waals surface area contributed by atoms with E-state index in [-0.39, 0.29) is 5.56 Å². The maximum Gasteiger partial charge on any atom is 0.268 e. The first kappa shape index (κ1) is 20.5. The topological polar surface area (TPSA) is 38.1 Å². The third-order valence-electron chi connectivity index (χ3n) is 5.89. The average molecular weight is 448 g/mol. The number of aromatic nitrogens is 2. The summed E-state index contributed by atoms with van der Waals surface area (Å²) < 4.78 is 1.82. The summed E-state index contributed by atoms with van der Waals surface area (Å²) in [4.78, 5) is 23.4. The Balaban J connectivity index is 1.71. The van der Waals surface area contributed by atoms with Gasteiger partial charge in [0, 0.05) is 15.7 Å². The number of hydrogen-bond acceptors (Lipinski definition) is 5. The Kier molecular flexibility index (Phi) is 5.69. The number of nitrogens with zero attached hydrogens (tertiary/aromatic N) is 3. The molecule has 1 saturated heterocycles. The van der Waals surface area contributed by atoms with Crippen molar-refractivity contribution in [3.8, 4) is 16.8 Å². The molecule has 5 rings (SSSR count). The number of thiophene rings is 1. The van der Waals surface area contributed by atoms with Crippen molar-refractivity contribution in [1.29, 1.82) is 0 Å². The van der Waals surface area contributed by atoms with Crippen LogP contribution in [0.1, 0.15) is 17.7 Å². The smallest absolute Gasteiger partial charge is 0.268 e. The minimum atomic E-state index is 0.0230. The minimum Gasteiger partial charge on any atom is -0.306 e. The van der Waals surface area contributed by atoms with Crippen molar-refractivity contribution in [1.82, 2.24) is 14.5 Å². The third-order valence-corrected chi connectivity index (χ3v) is 8.17. The van der Waals surface area contributed by atoms with Gasteiger partial charge in [0.1, 0.15) is 4.83 Å². The monoisotopic (exact) mass is 447 g/mol. The molecule has 2 aromatic carbocycles. The van der Waals surface area contributed by atoms with E-state index in [1.807, 2.05) is 53.1 Å². The lowest BCUT2D eigenvalue weighted by molar-refractivity contribution is 0.282. The average Bonchev–Trinajstić information content (AvgIpc) is 3.13. The molecule has 0 bridgehead atoms. The number of piperidine rings is 1. The molecule has 158 valence electrons. The van der Waals surface area contributed by atoms with Crippen LogP contribution in [-0.2, 0) is 0 Å². The molecule has 0 radical (unpaired) electrons. The van der Waals surface area contributed by atoms with Gasteiger partial charge in [-0.25, -0.2) is 4.98 Å². The van der Waals surface area contributed by atoms with Gasteiger partial charge in [0.25, 0.3) is 5.56 Å². The lowest BCUT2D eigenvalue weighted by Crippen LogP contribution is -2.32. The molecular formula is C25H25N3OS2. The number of hydrogen-bond donors (Lipinski definition) is 0. The van der Waals surface area contributed by atoms with E-state index in [0.717, 1.165) is 63.0 Å². The molecule has 0 spiro atoms. The van der Waals surface area contributed by atoms with E-state index in [0.29, 0.717) is 5.25 Å². The van der Waals surface area contributed by atoms with Crippen LogP contribution in [0.3, 0.4) is 0 Å². The number of thioether (sulfide) groups is 1. The first-order valence-corrected chi connectivity index (χ1v) is 12.3. The van der Waals surface area contributed by atoms with Crippen LogP contribution in [0.4, 0.5) is 0 Å². The molecule has 3 heterocycles. The highest BCUT2D eigenvalue weighted by atomic mass is 32.2. The van der Waals surface area contributed by atoms with E-state index in [2.05, 4.69) is 31.0 Å². The molecule has 0 atom stereocenters. The summed E-state index contributed by atoms with van der Waals surface area (Å²) in [6.07, 6.45) is 2.23. The van der Waals surface area contributed by atoms with Crippen LogP contribution in [0, 0.1) is 6.92 Å². The second kappa shape index (κ2) is 8.61. The summed E-state index contributed by atoms with van der Waals surface area (Å²) in [5.41, 5.74) is 2.98. The lowest BCUT2D eigenvalue weighted by Gasteiger charge is -2.28. The van der Waals surface area contributed by atoms with Crippen LogP contribution < -0.4 is 5.56 Å². The molecule has 0 N–H and O–H groups in total. The number of rotatable bonds is 4. The molecule has 31 heavy (non-hydrogen) atoms. The highest BCUT2D eigenvalue weighted by molar-refractivity contribution is 7.99. The first-order chi connectivity index (χ1) is 15.1. The molecule has 2 aromatic heterocycles. The fraction of sp³-hybridized carbons (Fsp3) is 0.280. The van der Waals surface area contributed by atoms with Gasteiger partial charge in [-0.05, 0) is 57.6 Å². The first-order valence-electron chi connectivity index (χ1n) is 10.6. The fourth-order valence-corrected chi connectivity index (χ4v) is 6.51. The molecular weight excluding hydrogens is 422 g/mol. The predicted octanol–water partition coefficient (Wildman–Crippen LogP) is 5.61. The van der Waals surface area contributed by atoms with Gasteiger partial charge in [-0.15, -0.1) is 11.3 Å². The maximum absolute atomic E-state index is 14.0. The number of para-hydroxylation sites is 1. The van der Waals surface area contributed by atoms with E-state index in [4.69, 9.17) is 4.98 Å². The van der Waals surface area contributed by atoms with Crippen LogP contribution >= 0.6 is 23.1 Å². The quantitative estimate of drug-likeness (QED) is 0.381. The van der Waals surface area contributed by atoms with Crippen molar-refractivity contribution < 1.29 is 0 Å². The van der Waals surface area contributed by atoms with Crippen molar-refractivity contribution in [3.63, 3.8) is 0 Å². The Bertz CT molecular complexity index is 1260. The highest BCUT2D eigenvalue weighted by Gasteiger charge is 2.24. The summed E-state index contributed by atoms with van der Waals surface area (Å²) >= 11 is 3.38. The van der Waals surface area contributed by atoms with Gasteiger partial charge in [0.15, 0.2) is 5.16 Å². The molecule has 0 saturated carbocycles. The van der Waals surface area contributed by atoms with E-state index in [1.165, 1.54) is 0 Å². The van der Waals surface area contributed by atoms with Gasteiger partial charge in [-0.2, -0.15) is 0 Å². The van der Waals surface area contributed by atoms with Gasteiger partial charge < -0.3 is 4.90 Å². The summed E-state index contributed by atoms with van der Waals surface area (Å²) in [6, 6.07) is 20.1. The molecule has 6 heteroatoms. The Morgan fingerprint density at radius 2 is 1.65 bits per heavy atom. The standard InChI is InChI=1S/C25H25N3OS2/c1-17-21(18-9-5-3-6-10-18)22-23(30-17)26-25(31-20-13-15-27(2)16-14-20)28(24(22)29)19-11-7-4-8-12-19/h3-12,20H,13-16H2,1-2H3. The van der Waals surface area contributed by atoms with Crippen molar-refractivity contribution in [2.24, 2.45) is 0 Å². The summed E-state index contributed by atoms with van der Waals surface area (Å²) in [7, 11) is 2.17. The highest BCUT2D eigenvalue weighted by Crippen LogP contribution is 2.38. The molecule has 4 aromatic rings. The minimum absolute atomic E-state index is 0.0230. The Labute approximate surface area is 190 Å². The molecule has 0 unspecified atom stereocenters.